The van der Waals surface area contributed by atoms with E-state index in [1.807, 2.05) is 24.3 Å². The van der Waals surface area contributed by atoms with Crippen molar-refractivity contribution in [3.05, 3.63) is 63.5 Å². The largest absolute Gasteiger partial charge is 0.419 e. The van der Waals surface area contributed by atoms with Gasteiger partial charge in [-0.05, 0) is 30.0 Å². The second-order valence-corrected chi connectivity index (χ2v) is 7.57. The quantitative estimate of drug-likeness (QED) is 0.466. The summed E-state index contributed by atoms with van der Waals surface area (Å²) in [5.41, 5.74) is 1.45. The third kappa shape index (κ3) is 3.54. The molecule has 0 spiro atoms. The number of thioether (sulfide) groups is 1. The van der Waals surface area contributed by atoms with E-state index in [9.17, 15) is 4.79 Å². The van der Waals surface area contributed by atoms with Gasteiger partial charge >= 0.3 is 5.76 Å². The highest BCUT2D eigenvalue weighted by Gasteiger charge is 2.10. The van der Waals surface area contributed by atoms with Gasteiger partial charge in [-0.25, -0.2) is 4.79 Å². The van der Waals surface area contributed by atoms with Crippen LogP contribution in [0.1, 0.15) is 4.88 Å². The van der Waals surface area contributed by atoms with E-state index in [-0.39, 0.29) is 5.76 Å². The summed E-state index contributed by atoms with van der Waals surface area (Å²) in [6.07, 6.45) is 2.73. The minimum absolute atomic E-state index is 0.319. The zero-order valence-electron chi connectivity index (χ0n) is 13.4. The van der Waals surface area contributed by atoms with Crippen molar-refractivity contribution in [2.24, 2.45) is 0 Å². The highest BCUT2D eigenvalue weighted by Crippen LogP contribution is 2.18. The zero-order valence-corrected chi connectivity index (χ0v) is 15.0. The van der Waals surface area contributed by atoms with Gasteiger partial charge in [0.25, 0.3) is 0 Å². The standard InChI is InChI=1S/C17H16N4O2S2/c22-17-21(14-5-1-2-6-15(14)23-17)9-11-25-16-19-18-12-20(16)8-7-13-4-3-10-24-13/h1-6,10,12H,7-9,11H2. The highest BCUT2D eigenvalue weighted by molar-refractivity contribution is 7.99. The van der Waals surface area contributed by atoms with Gasteiger partial charge in [-0.15, -0.1) is 21.5 Å². The average molecular weight is 372 g/mol. The molecule has 0 aliphatic heterocycles. The maximum Gasteiger partial charge on any atom is 0.419 e. The molecule has 4 aromatic rings. The van der Waals surface area contributed by atoms with Crippen LogP contribution in [-0.2, 0) is 19.5 Å². The summed E-state index contributed by atoms with van der Waals surface area (Å²) in [4.78, 5) is 13.3. The number of hydrogen-bond acceptors (Lipinski definition) is 6. The molecule has 0 radical (unpaired) electrons. The van der Waals surface area contributed by atoms with Gasteiger partial charge in [0.05, 0.1) is 5.52 Å². The van der Waals surface area contributed by atoms with Gasteiger partial charge in [-0.2, -0.15) is 0 Å². The average Bonchev–Trinajstić information content (AvgIpc) is 3.34. The fourth-order valence-corrected chi connectivity index (χ4v) is 4.21. The number of fused-ring (bicyclic) bond motifs is 1. The molecule has 0 N–H and O–H groups in total. The van der Waals surface area contributed by atoms with Crippen LogP contribution in [0.2, 0.25) is 0 Å². The van der Waals surface area contributed by atoms with E-state index in [1.54, 1.807) is 34.0 Å². The lowest BCUT2D eigenvalue weighted by molar-refractivity contribution is 0.514. The SMILES string of the molecule is O=c1oc2ccccc2n1CCSc1nncn1CCc1cccs1. The van der Waals surface area contributed by atoms with Crippen LogP contribution in [0.5, 0.6) is 0 Å². The van der Waals surface area contributed by atoms with E-state index in [1.165, 1.54) is 4.88 Å². The second kappa shape index (κ2) is 7.28. The number of thiophene rings is 1. The first-order valence-corrected chi connectivity index (χ1v) is 9.79. The minimum Gasteiger partial charge on any atom is -0.408 e. The fraction of sp³-hybridized carbons (Fsp3) is 0.235. The van der Waals surface area contributed by atoms with Crippen molar-refractivity contribution in [3.8, 4) is 0 Å². The Morgan fingerprint density at radius 1 is 1.16 bits per heavy atom. The molecule has 3 heterocycles. The van der Waals surface area contributed by atoms with E-state index < -0.39 is 0 Å². The number of nitrogens with zero attached hydrogens (tertiary/aromatic N) is 4. The van der Waals surface area contributed by atoms with Gasteiger partial charge in [0, 0.05) is 23.7 Å². The van der Waals surface area contributed by atoms with Crippen LogP contribution in [-0.4, -0.2) is 25.1 Å². The van der Waals surface area contributed by atoms with Crippen LogP contribution < -0.4 is 5.76 Å². The summed E-state index contributed by atoms with van der Waals surface area (Å²) in [6, 6.07) is 11.7. The summed E-state index contributed by atoms with van der Waals surface area (Å²) in [5.74, 6) is 0.405. The van der Waals surface area contributed by atoms with Crippen LogP contribution in [0.25, 0.3) is 11.1 Å². The van der Waals surface area contributed by atoms with Gasteiger partial charge in [0.1, 0.15) is 6.33 Å². The van der Waals surface area contributed by atoms with Crippen molar-refractivity contribution < 1.29 is 4.42 Å². The zero-order chi connectivity index (χ0) is 17.1. The first-order valence-electron chi connectivity index (χ1n) is 7.92. The third-order valence-electron chi connectivity index (χ3n) is 3.88. The first-order chi connectivity index (χ1) is 12.3. The summed E-state index contributed by atoms with van der Waals surface area (Å²) >= 11 is 3.36. The molecule has 0 amide bonds. The minimum atomic E-state index is -0.319. The number of aromatic nitrogens is 4. The first kappa shape index (κ1) is 16.2. The summed E-state index contributed by atoms with van der Waals surface area (Å²) < 4.78 is 8.97. The summed E-state index contributed by atoms with van der Waals surface area (Å²) in [7, 11) is 0. The molecule has 3 aromatic heterocycles. The predicted octanol–water partition coefficient (Wildman–Crippen LogP) is 3.28. The van der Waals surface area contributed by atoms with Crippen molar-refractivity contribution in [1.29, 1.82) is 0 Å². The molecule has 128 valence electrons. The molecule has 25 heavy (non-hydrogen) atoms. The number of benzene rings is 1. The molecular weight excluding hydrogens is 356 g/mol. The Balaban J connectivity index is 1.39. The topological polar surface area (TPSA) is 65.8 Å². The molecule has 0 saturated heterocycles. The molecule has 0 unspecified atom stereocenters. The number of para-hydroxylation sites is 2. The molecule has 0 aliphatic rings. The summed E-state index contributed by atoms with van der Waals surface area (Å²) in [5, 5.41) is 11.2. The Kier molecular flexibility index (Phi) is 4.71. The predicted molar refractivity (Wildman–Crippen MR) is 99.2 cm³/mol. The maximum absolute atomic E-state index is 12.0. The Hall–Kier alpha value is -2.32. The van der Waals surface area contributed by atoms with Gasteiger partial charge in [-0.1, -0.05) is 30.0 Å². The fourth-order valence-electron chi connectivity index (χ4n) is 2.65. The molecule has 0 fully saturated rings. The second-order valence-electron chi connectivity index (χ2n) is 5.47. The van der Waals surface area contributed by atoms with Crippen molar-refractivity contribution >= 4 is 34.2 Å². The molecule has 4 rings (SSSR count). The third-order valence-corrected chi connectivity index (χ3v) is 5.78. The lowest BCUT2D eigenvalue weighted by atomic mass is 10.3. The van der Waals surface area contributed by atoms with E-state index >= 15 is 0 Å². The number of oxazole rings is 1. The van der Waals surface area contributed by atoms with Crippen LogP contribution in [0.3, 0.4) is 0 Å². The highest BCUT2D eigenvalue weighted by atomic mass is 32.2. The van der Waals surface area contributed by atoms with Crippen LogP contribution in [0, 0.1) is 0 Å². The summed E-state index contributed by atoms with van der Waals surface area (Å²) in [6.45, 7) is 1.42. The van der Waals surface area contributed by atoms with Crippen molar-refractivity contribution in [3.63, 3.8) is 0 Å². The Bertz CT molecular complexity index is 1020. The Morgan fingerprint density at radius 2 is 2.08 bits per heavy atom. The Morgan fingerprint density at radius 3 is 2.96 bits per heavy atom. The maximum atomic E-state index is 12.0. The number of aryl methyl sites for hydroxylation is 3. The molecule has 6 nitrogen and oxygen atoms in total. The molecule has 0 saturated carbocycles. The van der Waals surface area contributed by atoms with Gasteiger partial charge in [-0.3, -0.25) is 4.57 Å². The monoisotopic (exact) mass is 372 g/mol. The van der Waals surface area contributed by atoms with Crippen LogP contribution in [0.15, 0.2) is 62.5 Å². The lowest BCUT2D eigenvalue weighted by Crippen LogP contribution is -2.15. The Labute approximate surface area is 152 Å². The molecule has 0 aliphatic carbocycles. The van der Waals surface area contributed by atoms with Gasteiger partial charge < -0.3 is 8.98 Å². The van der Waals surface area contributed by atoms with E-state index in [2.05, 4.69) is 32.3 Å². The lowest BCUT2D eigenvalue weighted by Gasteiger charge is -2.06. The van der Waals surface area contributed by atoms with Crippen LogP contribution >= 0.6 is 23.1 Å². The van der Waals surface area contributed by atoms with Gasteiger partial charge in [0.15, 0.2) is 10.7 Å². The van der Waals surface area contributed by atoms with E-state index in [4.69, 9.17) is 4.42 Å². The molecule has 1 aromatic carbocycles. The van der Waals surface area contributed by atoms with Crippen molar-refractivity contribution in [1.82, 2.24) is 19.3 Å². The van der Waals surface area contributed by atoms with Gasteiger partial charge in [0.2, 0.25) is 0 Å². The molecule has 0 atom stereocenters. The molecule has 0 bridgehead atoms. The van der Waals surface area contributed by atoms with Crippen molar-refractivity contribution in [2.45, 2.75) is 24.7 Å². The van der Waals surface area contributed by atoms with E-state index in [0.29, 0.717) is 12.1 Å². The smallest absolute Gasteiger partial charge is 0.408 e. The van der Waals surface area contributed by atoms with E-state index in [0.717, 1.165) is 29.4 Å². The van der Waals surface area contributed by atoms with Crippen molar-refractivity contribution in [2.75, 3.05) is 5.75 Å². The van der Waals surface area contributed by atoms with Crippen LogP contribution in [0.4, 0.5) is 0 Å². The molecule has 8 heteroatoms. The molecular formula is C17H16N4O2S2. The number of hydrogen-bond donors (Lipinski definition) is 0. The normalized spacial score (nSPS) is 11.4. The number of rotatable bonds is 7.